The molecule has 1 aliphatic heterocycles. The van der Waals surface area contributed by atoms with E-state index in [9.17, 15) is 20.2 Å². The SMILES string of the molecule is O=[N+]([O-])C1([N+](=O)[O-])Cc2ccccc2[N]1. The molecule has 0 bridgehead atoms. The van der Waals surface area contributed by atoms with Gasteiger partial charge in [0.25, 0.3) is 0 Å². The highest BCUT2D eigenvalue weighted by molar-refractivity contribution is 5.49. The molecule has 1 aliphatic rings. The van der Waals surface area contributed by atoms with Gasteiger partial charge in [-0.1, -0.05) is 18.2 Å². The van der Waals surface area contributed by atoms with Gasteiger partial charge in [-0.05, 0) is 11.6 Å². The molecule has 1 radical (unpaired) electrons. The average molecular weight is 208 g/mol. The first-order valence-electron chi connectivity index (χ1n) is 4.16. The molecule has 1 heterocycles. The fourth-order valence-corrected chi connectivity index (χ4v) is 1.53. The van der Waals surface area contributed by atoms with Crippen molar-refractivity contribution in [3.63, 3.8) is 0 Å². The van der Waals surface area contributed by atoms with E-state index in [1.54, 1.807) is 18.2 Å². The molecule has 0 aromatic heterocycles. The summed E-state index contributed by atoms with van der Waals surface area (Å²) >= 11 is 0. The third-order valence-corrected chi connectivity index (χ3v) is 2.30. The second-order valence-electron chi connectivity index (χ2n) is 3.21. The Labute approximate surface area is 84.0 Å². The summed E-state index contributed by atoms with van der Waals surface area (Å²) in [5, 5.41) is 25.0. The molecule has 0 N–H and O–H groups in total. The van der Waals surface area contributed by atoms with Crippen LogP contribution in [0.15, 0.2) is 24.3 Å². The first kappa shape index (κ1) is 9.38. The van der Waals surface area contributed by atoms with Crippen LogP contribution >= 0.6 is 0 Å². The molecule has 7 nitrogen and oxygen atoms in total. The molecule has 1 aromatic carbocycles. The van der Waals surface area contributed by atoms with Crippen LogP contribution in [0.4, 0.5) is 5.69 Å². The summed E-state index contributed by atoms with van der Waals surface area (Å²) in [6, 6.07) is 6.44. The van der Waals surface area contributed by atoms with Gasteiger partial charge in [0.2, 0.25) is 0 Å². The average Bonchev–Trinajstić information content (AvgIpc) is 2.57. The van der Waals surface area contributed by atoms with E-state index >= 15 is 0 Å². The van der Waals surface area contributed by atoms with Crippen molar-refractivity contribution in [2.75, 3.05) is 0 Å². The Kier molecular flexibility index (Phi) is 1.82. The van der Waals surface area contributed by atoms with Crippen molar-refractivity contribution in [1.82, 2.24) is 5.32 Å². The van der Waals surface area contributed by atoms with Crippen LogP contribution in [0, 0.1) is 20.2 Å². The van der Waals surface area contributed by atoms with Crippen LogP contribution in [0.5, 0.6) is 0 Å². The molecule has 0 saturated carbocycles. The Morgan fingerprint density at radius 3 is 2.33 bits per heavy atom. The quantitative estimate of drug-likeness (QED) is 0.405. The highest BCUT2D eigenvalue weighted by Gasteiger charge is 2.62. The standard InChI is InChI=1S/C8H6N3O4/c12-10(13)8(11(14)15)5-6-3-1-2-4-7(6)9-8/h1-4H,5H2. The number of hydrogen-bond donors (Lipinski definition) is 0. The number of benzene rings is 1. The molecule has 0 unspecified atom stereocenters. The van der Waals surface area contributed by atoms with Crippen LogP contribution in [0.2, 0.25) is 0 Å². The van der Waals surface area contributed by atoms with Gasteiger partial charge in [0.05, 0.1) is 5.69 Å². The molecule has 0 saturated heterocycles. The Balaban J connectivity index is 2.45. The van der Waals surface area contributed by atoms with Crippen molar-refractivity contribution >= 4 is 5.69 Å². The van der Waals surface area contributed by atoms with E-state index in [4.69, 9.17) is 0 Å². The van der Waals surface area contributed by atoms with Crippen LogP contribution in [-0.2, 0) is 6.42 Å². The summed E-state index contributed by atoms with van der Waals surface area (Å²) in [5.41, 5.74) is 0.858. The van der Waals surface area contributed by atoms with E-state index in [1.807, 2.05) is 0 Å². The van der Waals surface area contributed by atoms with Crippen LogP contribution in [0.3, 0.4) is 0 Å². The van der Waals surface area contributed by atoms with Gasteiger partial charge in [-0.2, -0.15) is 0 Å². The van der Waals surface area contributed by atoms with Crippen molar-refractivity contribution in [2.24, 2.45) is 0 Å². The summed E-state index contributed by atoms with van der Waals surface area (Å²) in [7, 11) is 0. The topological polar surface area (TPSA) is 100 Å². The highest BCUT2D eigenvalue weighted by atomic mass is 16.7. The van der Waals surface area contributed by atoms with E-state index in [2.05, 4.69) is 5.32 Å². The van der Waals surface area contributed by atoms with Crippen molar-refractivity contribution < 1.29 is 9.85 Å². The summed E-state index contributed by atoms with van der Waals surface area (Å²) in [6.07, 6.45) is -0.289. The van der Waals surface area contributed by atoms with Crippen molar-refractivity contribution in [3.05, 3.63) is 50.1 Å². The fraction of sp³-hybridized carbons (Fsp3) is 0.250. The summed E-state index contributed by atoms with van der Waals surface area (Å²) < 4.78 is 0. The van der Waals surface area contributed by atoms with Gasteiger partial charge in [0.15, 0.2) is 0 Å². The minimum absolute atomic E-state index is 0.289. The van der Waals surface area contributed by atoms with Gasteiger partial charge in [0, 0.05) is 0 Å². The second kappa shape index (κ2) is 2.91. The maximum Gasteiger partial charge on any atom is 0.565 e. The zero-order valence-electron chi connectivity index (χ0n) is 7.49. The zero-order valence-corrected chi connectivity index (χ0v) is 7.49. The Morgan fingerprint density at radius 1 is 1.20 bits per heavy atom. The second-order valence-corrected chi connectivity index (χ2v) is 3.21. The molecule has 0 fully saturated rings. The van der Waals surface area contributed by atoms with Gasteiger partial charge in [0.1, 0.15) is 16.3 Å². The molecular formula is C8H6N3O4. The van der Waals surface area contributed by atoms with Gasteiger partial charge < -0.3 is 0 Å². The Morgan fingerprint density at radius 2 is 1.80 bits per heavy atom. The maximum absolute atomic E-state index is 10.7. The fourth-order valence-electron chi connectivity index (χ4n) is 1.53. The monoisotopic (exact) mass is 208 g/mol. The Hall–Kier alpha value is -2.18. The lowest BCUT2D eigenvalue weighted by molar-refractivity contribution is -0.801. The molecule has 0 aliphatic carbocycles. The molecule has 7 heteroatoms. The number of hydrogen-bond acceptors (Lipinski definition) is 4. The van der Waals surface area contributed by atoms with Crippen molar-refractivity contribution in [2.45, 2.75) is 12.2 Å². The first-order valence-corrected chi connectivity index (χ1v) is 4.16. The molecule has 0 atom stereocenters. The van der Waals surface area contributed by atoms with Crippen LogP contribution in [0.1, 0.15) is 5.56 Å². The number of fused-ring (bicyclic) bond motifs is 1. The van der Waals surface area contributed by atoms with Crippen LogP contribution in [-0.4, -0.2) is 15.6 Å². The maximum atomic E-state index is 10.7. The lowest BCUT2D eigenvalue weighted by atomic mass is 10.1. The predicted molar refractivity (Wildman–Crippen MR) is 48.7 cm³/mol. The molecule has 15 heavy (non-hydrogen) atoms. The largest absolute Gasteiger partial charge is 0.565 e. The molecular weight excluding hydrogens is 202 g/mol. The molecule has 0 spiro atoms. The smallest absolute Gasteiger partial charge is 0.257 e. The number of nitrogens with zero attached hydrogens (tertiary/aromatic N) is 3. The van der Waals surface area contributed by atoms with Gasteiger partial charge in [-0.3, -0.25) is 20.2 Å². The predicted octanol–water partition coefficient (Wildman–Crippen LogP) is 0.686. The summed E-state index contributed by atoms with van der Waals surface area (Å²) in [6.45, 7) is 0. The van der Waals surface area contributed by atoms with Crippen LogP contribution in [0.25, 0.3) is 0 Å². The third kappa shape index (κ3) is 1.20. The normalized spacial score (nSPS) is 16.5. The minimum atomic E-state index is -2.43. The number of nitro groups is 2. The molecule has 1 aromatic rings. The third-order valence-electron chi connectivity index (χ3n) is 2.30. The lowest BCUT2D eigenvalue weighted by Gasteiger charge is -2.08. The van der Waals surface area contributed by atoms with Crippen molar-refractivity contribution in [1.29, 1.82) is 0 Å². The first-order chi connectivity index (χ1) is 7.06. The Bertz CT molecular complexity index is 404. The number of rotatable bonds is 2. The minimum Gasteiger partial charge on any atom is -0.257 e. The number of para-hydroxylation sites is 1. The highest BCUT2D eigenvalue weighted by Crippen LogP contribution is 2.33. The molecule has 2 rings (SSSR count). The lowest BCUT2D eigenvalue weighted by Crippen LogP contribution is -2.51. The van der Waals surface area contributed by atoms with E-state index in [0.29, 0.717) is 11.3 Å². The van der Waals surface area contributed by atoms with E-state index in [0.717, 1.165) is 0 Å². The van der Waals surface area contributed by atoms with Gasteiger partial charge in [-0.15, -0.1) is 5.32 Å². The van der Waals surface area contributed by atoms with E-state index in [-0.39, 0.29) is 6.42 Å². The van der Waals surface area contributed by atoms with E-state index < -0.39 is 15.6 Å². The zero-order chi connectivity index (χ0) is 11.1. The van der Waals surface area contributed by atoms with Gasteiger partial charge >= 0.3 is 5.79 Å². The van der Waals surface area contributed by atoms with Gasteiger partial charge in [-0.25, -0.2) is 0 Å². The molecule has 0 amide bonds. The van der Waals surface area contributed by atoms with E-state index in [1.165, 1.54) is 6.07 Å². The summed E-state index contributed by atoms with van der Waals surface area (Å²) in [5.74, 6) is -2.43. The summed E-state index contributed by atoms with van der Waals surface area (Å²) in [4.78, 5) is 19.5. The van der Waals surface area contributed by atoms with Crippen molar-refractivity contribution in [3.8, 4) is 0 Å². The van der Waals surface area contributed by atoms with Crippen LogP contribution < -0.4 is 5.32 Å². The molecule has 77 valence electrons.